The van der Waals surface area contributed by atoms with Crippen molar-refractivity contribution in [3.8, 4) is 5.75 Å². The maximum atomic E-state index is 12.3. The van der Waals surface area contributed by atoms with E-state index in [1.165, 1.54) is 30.3 Å². The Morgan fingerprint density at radius 3 is 2.27 bits per heavy atom. The number of carbonyl (C=O) groups is 1. The number of aliphatic hydroxyl groups is 1. The van der Waals surface area contributed by atoms with Crippen molar-refractivity contribution in [3.63, 3.8) is 0 Å². The molecule has 0 aromatic heterocycles. The van der Waals surface area contributed by atoms with E-state index in [2.05, 4.69) is 0 Å². The molecule has 0 aliphatic rings. The molecule has 0 aliphatic heterocycles. The van der Waals surface area contributed by atoms with Gasteiger partial charge in [0.2, 0.25) is 0 Å². The van der Waals surface area contributed by atoms with Crippen LogP contribution in [0.5, 0.6) is 5.75 Å². The molecular formula is C14H11NaO6S. The second-order valence-electron chi connectivity index (χ2n) is 4.06. The van der Waals surface area contributed by atoms with Crippen LogP contribution in [0.2, 0.25) is 0 Å². The molecule has 0 unspecified atom stereocenters. The molecule has 0 spiro atoms. The summed E-state index contributed by atoms with van der Waals surface area (Å²) in [5.41, 5.74) is -0.0503. The third-order valence-corrected chi connectivity index (χ3v) is 3.65. The van der Waals surface area contributed by atoms with E-state index in [1.54, 1.807) is 18.2 Å². The first kappa shape index (κ1) is 18.8. The molecule has 0 fully saturated rings. The van der Waals surface area contributed by atoms with Crippen LogP contribution in [0.4, 0.5) is 0 Å². The molecule has 2 aromatic rings. The minimum atomic E-state index is -4.95. The van der Waals surface area contributed by atoms with E-state index in [9.17, 15) is 17.8 Å². The molecular weight excluding hydrogens is 319 g/mol. The van der Waals surface area contributed by atoms with Crippen molar-refractivity contribution >= 4 is 15.9 Å². The first-order chi connectivity index (χ1) is 9.95. The first-order valence-corrected chi connectivity index (χ1v) is 7.28. The Morgan fingerprint density at radius 2 is 1.73 bits per heavy atom. The second kappa shape index (κ2) is 7.87. The first-order valence-electron chi connectivity index (χ1n) is 5.87. The van der Waals surface area contributed by atoms with E-state index >= 15 is 0 Å². The Kier molecular flexibility index (Phi) is 6.73. The molecule has 8 heteroatoms. The summed E-state index contributed by atoms with van der Waals surface area (Å²) in [6.45, 7) is -0.814. The van der Waals surface area contributed by atoms with Crippen molar-refractivity contribution in [1.29, 1.82) is 0 Å². The van der Waals surface area contributed by atoms with Crippen LogP contribution in [0.1, 0.15) is 15.9 Å². The zero-order chi connectivity index (χ0) is 15.5. The van der Waals surface area contributed by atoms with Crippen LogP contribution in [0.15, 0.2) is 53.4 Å². The zero-order valence-electron chi connectivity index (χ0n) is 11.7. The van der Waals surface area contributed by atoms with Gasteiger partial charge in [0.25, 0.3) is 0 Å². The zero-order valence-corrected chi connectivity index (χ0v) is 14.5. The quantitative estimate of drug-likeness (QED) is 0.299. The van der Waals surface area contributed by atoms with Gasteiger partial charge < -0.3 is 14.4 Å². The van der Waals surface area contributed by atoms with E-state index in [0.717, 1.165) is 0 Å². The fourth-order valence-corrected chi connectivity index (χ4v) is 2.68. The molecule has 22 heavy (non-hydrogen) atoms. The predicted octanol–water partition coefficient (Wildman–Crippen LogP) is -1.85. The summed E-state index contributed by atoms with van der Waals surface area (Å²) in [6, 6.07) is 11.7. The van der Waals surface area contributed by atoms with Crippen molar-refractivity contribution in [3.05, 3.63) is 59.7 Å². The average Bonchev–Trinajstić information content (AvgIpc) is 2.46. The molecule has 1 N–H and O–H groups in total. The molecule has 0 saturated carbocycles. The Balaban J connectivity index is 0.00000242. The van der Waals surface area contributed by atoms with E-state index in [1.807, 2.05) is 0 Å². The summed E-state index contributed by atoms with van der Waals surface area (Å²) < 4.78 is 39.0. The van der Waals surface area contributed by atoms with Crippen LogP contribution in [0.3, 0.4) is 0 Å². The van der Waals surface area contributed by atoms with Gasteiger partial charge in [0.1, 0.15) is 20.8 Å². The molecule has 2 rings (SSSR count). The number of ether oxygens (including phenoxy) is 1. The van der Waals surface area contributed by atoms with Gasteiger partial charge in [-0.1, -0.05) is 36.4 Å². The third kappa shape index (κ3) is 4.16. The topological polar surface area (TPSA) is 104 Å². The van der Waals surface area contributed by atoms with Crippen LogP contribution < -0.4 is 34.3 Å². The number of carbonyl (C=O) groups excluding carboxylic acids is 1. The van der Waals surface area contributed by atoms with Crippen molar-refractivity contribution in [2.45, 2.75) is 4.90 Å². The molecule has 2 aromatic carbocycles. The monoisotopic (exact) mass is 330 g/mol. The van der Waals surface area contributed by atoms with Gasteiger partial charge in [-0.2, -0.15) is 0 Å². The smallest absolute Gasteiger partial charge is 0.744 e. The van der Waals surface area contributed by atoms with E-state index in [4.69, 9.17) is 9.84 Å². The molecule has 0 radical (unpaired) electrons. The number of rotatable bonds is 5. The summed E-state index contributed by atoms with van der Waals surface area (Å²) in [4.78, 5) is 11.6. The number of hydrogen-bond acceptors (Lipinski definition) is 6. The maximum absolute atomic E-state index is 12.3. The Bertz CT molecular complexity index is 758. The average molecular weight is 330 g/mol. The molecule has 0 aliphatic carbocycles. The second-order valence-corrected chi connectivity index (χ2v) is 5.37. The van der Waals surface area contributed by atoms with Gasteiger partial charge in [0.05, 0.1) is 0 Å². The molecule has 110 valence electrons. The normalized spacial score (nSPS) is 10.6. The van der Waals surface area contributed by atoms with Gasteiger partial charge in [-0.25, -0.2) is 8.42 Å². The van der Waals surface area contributed by atoms with Crippen LogP contribution in [0, 0.1) is 0 Å². The fraction of sp³-hybridized carbons (Fsp3) is 0.0714. The molecule has 0 heterocycles. The number of ketones is 1. The van der Waals surface area contributed by atoms with Gasteiger partial charge in [-0.15, -0.1) is 0 Å². The minimum Gasteiger partial charge on any atom is -0.744 e. The largest absolute Gasteiger partial charge is 1.00 e. The minimum absolute atomic E-state index is 0. The van der Waals surface area contributed by atoms with Crippen molar-refractivity contribution in [2.75, 3.05) is 6.79 Å². The van der Waals surface area contributed by atoms with Gasteiger partial charge in [-0.3, -0.25) is 4.79 Å². The number of hydrogen-bond donors (Lipinski definition) is 1. The van der Waals surface area contributed by atoms with Gasteiger partial charge in [0.15, 0.2) is 12.6 Å². The molecule has 6 nitrogen and oxygen atoms in total. The Morgan fingerprint density at radius 1 is 1.09 bits per heavy atom. The molecule has 0 bridgehead atoms. The summed E-state index contributed by atoms with van der Waals surface area (Å²) in [7, 11) is -4.95. The van der Waals surface area contributed by atoms with Crippen molar-refractivity contribution < 1.29 is 57.2 Å². The van der Waals surface area contributed by atoms with Crippen molar-refractivity contribution in [1.82, 2.24) is 0 Å². The molecule has 0 saturated heterocycles. The van der Waals surface area contributed by atoms with E-state index < -0.39 is 27.6 Å². The van der Waals surface area contributed by atoms with Crippen molar-refractivity contribution in [2.24, 2.45) is 0 Å². The maximum Gasteiger partial charge on any atom is 1.00 e. The molecule has 0 amide bonds. The predicted molar refractivity (Wildman–Crippen MR) is 72.0 cm³/mol. The van der Waals surface area contributed by atoms with Crippen LogP contribution in [-0.2, 0) is 10.1 Å². The fourth-order valence-electron chi connectivity index (χ4n) is 1.88. The van der Waals surface area contributed by atoms with Crippen LogP contribution in [-0.4, -0.2) is 30.7 Å². The summed E-state index contributed by atoms with van der Waals surface area (Å²) in [5, 5.41) is 8.75. The van der Waals surface area contributed by atoms with Crippen LogP contribution >= 0.6 is 0 Å². The Hall–Kier alpha value is -1.22. The number of benzene rings is 2. The summed E-state index contributed by atoms with van der Waals surface area (Å²) in [5.74, 6) is -0.970. The Labute approximate surface area is 149 Å². The van der Waals surface area contributed by atoms with E-state index in [-0.39, 0.29) is 46.4 Å². The van der Waals surface area contributed by atoms with Crippen LogP contribution in [0.25, 0.3) is 0 Å². The SMILES string of the molecule is O=C(c1ccccc1)c1cccc(OCO)c1S(=O)(=O)[O-].[Na+]. The molecule has 0 atom stereocenters. The summed E-state index contributed by atoms with van der Waals surface area (Å²) in [6.07, 6.45) is 0. The summed E-state index contributed by atoms with van der Waals surface area (Å²) >= 11 is 0. The van der Waals surface area contributed by atoms with E-state index in [0.29, 0.717) is 0 Å². The third-order valence-electron chi connectivity index (χ3n) is 2.73. The van der Waals surface area contributed by atoms with Gasteiger partial charge >= 0.3 is 29.6 Å². The van der Waals surface area contributed by atoms with Gasteiger partial charge in [-0.05, 0) is 12.1 Å². The number of aliphatic hydroxyl groups excluding tert-OH is 1. The standard InChI is InChI=1S/C14H12O6S.Na/c15-9-20-12-8-4-7-11(14(12)21(17,18)19)13(16)10-5-2-1-3-6-10;/h1-8,15H,9H2,(H,17,18,19);/q;+1/p-1. The van der Waals surface area contributed by atoms with Gasteiger partial charge in [0, 0.05) is 11.1 Å².